The lowest BCUT2D eigenvalue weighted by Gasteiger charge is -2.05. The molecule has 0 saturated carbocycles. The number of nitro groups is 1. The molecule has 9 heteroatoms. The number of nitrogens with zero attached hydrogens (tertiary/aromatic N) is 3. The van der Waals surface area contributed by atoms with E-state index in [1.165, 1.54) is 24.5 Å². The molecule has 1 aromatic carbocycles. The normalized spacial score (nSPS) is 9.89. The van der Waals surface area contributed by atoms with Gasteiger partial charge in [0.2, 0.25) is 5.95 Å². The molecule has 1 heterocycles. The smallest absolute Gasteiger partial charge is 0.310 e. The maximum Gasteiger partial charge on any atom is 0.310 e. The fraction of sp³-hybridized carbons (Fsp3) is 0.100. The molecule has 2 N–H and O–H groups in total. The van der Waals surface area contributed by atoms with Gasteiger partial charge in [0.1, 0.15) is 6.33 Å². The average molecular weight is 263 g/mol. The van der Waals surface area contributed by atoms with Crippen LogP contribution in [0.5, 0.6) is 5.75 Å². The van der Waals surface area contributed by atoms with Crippen LogP contribution in [0.25, 0.3) is 0 Å². The first-order valence-corrected chi connectivity index (χ1v) is 5.18. The van der Waals surface area contributed by atoms with Crippen LogP contribution in [0.1, 0.15) is 0 Å². The lowest BCUT2D eigenvalue weighted by atomic mass is 10.3. The molecule has 1 aromatic heterocycles. The first kappa shape index (κ1) is 12.5. The Labute approximate surface area is 106 Å². The van der Waals surface area contributed by atoms with Gasteiger partial charge in [0.25, 0.3) is 5.91 Å². The number of aromatic nitrogens is 3. The van der Waals surface area contributed by atoms with Crippen LogP contribution >= 0.6 is 0 Å². The number of rotatable bonds is 5. The Morgan fingerprint density at radius 3 is 2.95 bits per heavy atom. The number of amides is 1. The van der Waals surface area contributed by atoms with Gasteiger partial charge in [0.15, 0.2) is 12.4 Å². The molecule has 19 heavy (non-hydrogen) atoms. The van der Waals surface area contributed by atoms with Crippen LogP contribution < -0.4 is 10.1 Å². The highest BCUT2D eigenvalue weighted by Gasteiger charge is 2.15. The first-order valence-electron chi connectivity index (χ1n) is 5.18. The summed E-state index contributed by atoms with van der Waals surface area (Å²) >= 11 is 0. The maximum atomic E-state index is 11.5. The fourth-order valence-corrected chi connectivity index (χ4v) is 1.31. The summed E-state index contributed by atoms with van der Waals surface area (Å²) in [5, 5.41) is 19.1. The van der Waals surface area contributed by atoms with Crippen molar-refractivity contribution >= 4 is 17.5 Å². The third kappa shape index (κ3) is 3.25. The molecule has 0 unspecified atom stereocenters. The number of hydrogen-bond donors (Lipinski definition) is 2. The van der Waals surface area contributed by atoms with E-state index in [1.54, 1.807) is 6.07 Å². The van der Waals surface area contributed by atoms with E-state index in [0.29, 0.717) is 0 Å². The van der Waals surface area contributed by atoms with Crippen molar-refractivity contribution in [1.29, 1.82) is 0 Å². The number of nitrogens with one attached hydrogen (secondary N) is 2. The second kappa shape index (κ2) is 5.58. The summed E-state index contributed by atoms with van der Waals surface area (Å²) in [5.41, 5.74) is -0.199. The number of para-hydroxylation sites is 2. The summed E-state index contributed by atoms with van der Waals surface area (Å²) in [7, 11) is 0. The van der Waals surface area contributed by atoms with Gasteiger partial charge in [-0.05, 0) is 6.07 Å². The van der Waals surface area contributed by atoms with E-state index >= 15 is 0 Å². The predicted molar refractivity (Wildman–Crippen MR) is 63.6 cm³/mol. The highest BCUT2D eigenvalue weighted by atomic mass is 16.6. The molecule has 1 amide bonds. The lowest BCUT2D eigenvalue weighted by molar-refractivity contribution is -0.385. The van der Waals surface area contributed by atoms with Crippen molar-refractivity contribution in [3.63, 3.8) is 0 Å². The van der Waals surface area contributed by atoms with Crippen molar-refractivity contribution in [1.82, 2.24) is 15.2 Å². The highest BCUT2D eigenvalue weighted by Crippen LogP contribution is 2.25. The van der Waals surface area contributed by atoms with E-state index in [2.05, 4.69) is 20.5 Å². The van der Waals surface area contributed by atoms with Crippen LogP contribution in [0.4, 0.5) is 11.6 Å². The molecule has 0 atom stereocenters. The van der Waals surface area contributed by atoms with Gasteiger partial charge in [-0.25, -0.2) is 5.10 Å². The quantitative estimate of drug-likeness (QED) is 0.605. The SMILES string of the molecule is O=C(COc1ccccc1[N+](=O)[O-])Nc1ncn[nH]1. The number of carbonyl (C=O) groups is 1. The minimum absolute atomic E-state index is 0.0280. The Kier molecular flexibility index (Phi) is 3.67. The van der Waals surface area contributed by atoms with Gasteiger partial charge >= 0.3 is 5.69 Å². The van der Waals surface area contributed by atoms with Gasteiger partial charge in [-0.3, -0.25) is 20.2 Å². The maximum absolute atomic E-state index is 11.5. The number of hydrogen-bond acceptors (Lipinski definition) is 6. The summed E-state index contributed by atoms with van der Waals surface area (Å²) in [6, 6.07) is 5.81. The molecule has 9 nitrogen and oxygen atoms in total. The van der Waals surface area contributed by atoms with Crippen LogP contribution in [-0.2, 0) is 4.79 Å². The Balaban J connectivity index is 1.95. The third-order valence-corrected chi connectivity index (χ3v) is 2.09. The Morgan fingerprint density at radius 1 is 1.47 bits per heavy atom. The number of anilines is 1. The number of H-pyrrole nitrogens is 1. The average Bonchev–Trinajstić information content (AvgIpc) is 2.89. The zero-order valence-corrected chi connectivity index (χ0v) is 9.57. The van der Waals surface area contributed by atoms with Crippen LogP contribution in [0.2, 0.25) is 0 Å². The van der Waals surface area contributed by atoms with Crippen molar-refractivity contribution in [2.75, 3.05) is 11.9 Å². The first-order chi connectivity index (χ1) is 9.16. The van der Waals surface area contributed by atoms with Gasteiger partial charge in [-0.15, -0.1) is 0 Å². The van der Waals surface area contributed by atoms with E-state index in [-0.39, 0.29) is 24.0 Å². The van der Waals surface area contributed by atoms with E-state index < -0.39 is 10.8 Å². The summed E-state index contributed by atoms with van der Waals surface area (Å²) in [6.45, 7) is -0.369. The van der Waals surface area contributed by atoms with Crippen molar-refractivity contribution in [2.24, 2.45) is 0 Å². The molecule has 0 spiro atoms. The van der Waals surface area contributed by atoms with Gasteiger partial charge in [0, 0.05) is 6.07 Å². The zero-order valence-electron chi connectivity index (χ0n) is 9.57. The summed E-state index contributed by atoms with van der Waals surface area (Å²) < 4.78 is 5.09. The monoisotopic (exact) mass is 263 g/mol. The largest absolute Gasteiger partial charge is 0.477 e. The molecule has 2 rings (SSSR count). The molecule has 0 aliphatic rings. The van der Waals surface area contributed by atoms with Gasteiger partial charge in [-0.2, -0.15) is 10.1 Å². The Morgan fingerprint density at radius 2 is 2.26 bits per heavy atom. The van der Waals surface area contributed by atoms with E-state index in [9.17, 15) is 14.9 Å². The number of ether oxygens (including phenoxy) is 1. The second-order valence-corrected chi connectivity index (χ2v) is 3.40. The van der Waals surface area contributed by atoms with Gasteiger partial charge < -0.3 is 4.74 Å². The van der Waals surface area contributed by atoms with Crippen LogP contribution in [0.15, 0.2) is 30.6 Å². The number of nitro benzene ring substituents is 1. The lowest BCUT2D eigenvalue weighted by Crippen LogP contribution is -2.21. The molecular formula is C10H9N5O4. The van der Waals surface area contributed by atoms with Crippen molar-refractivity contribution in [3.05, 3.63) is 40.7 Å². The highest BCUT2D eigenvalue weighted by molar-refractivity contribution is 5.90. The van der Waals surface area contributed by atoms with Gasteiger partial charge in [-0.1, -0.05) is 12.1 Å². The molecule has 98 valence electrons. The summed E-state index contributed by atoms with van der Waals surface area (Å²) in [5.74, 6) is -0.300. The summed E-state index contributed by atoms with van der Waals surface area (Å²) in [6.07, 6.45) is 1.23. The molecule has 0 aliphatic heterocycles. The molecule has 0 saturated heterocycles. The number of carbonyl (C=O) groups excluding carboxylic acids is 1. The summed E-state index contributed by atoms with van der Waals surface area (Å²) in [4.78, 5) is 25.3. The van der Waals surface area contributed by atoms with Crippen molar-refractivity contribution < 1.29 is 14.5 Å². The van der Waals surface area contributed by atoms with Crippen molar-refractivity contribution in [2.45, 2.75) is 0 Å². The predicted octanol–water partition coefficient (Wildman–Crippen LogP) is 0.730. The minimum atomic E-state index is -0.580. The number of benzene rings is 1. The Hall–Kier alpha value is -2.97. The third-order valence-electron chi connectivity index (χ3n) is 2.09. The zero-order chi connectivity index (χ0) is 13.7. The fourth-order valence-electron chi connectivity index (χ4n) is 1.31. The molecule has 0 fully saturated rings. The standard InChI is InChI=1S/C10H9N5O4/c16-9(13-10-11-6-12-14-10)5-19-8-4-2-1-3-7(8)15(17)18/h1-4,6H,5H2,(H2,11,12,13,14,16). The minimum Gasteiger partial charge on any atom is -0.477 e. The van der Waals surface area contributed by atoms with Crippen LogP contribution in [-0.4, -0.2) is 32.6 Å². The van der Waals surface area contributed by atoms with Crippen LogP contribution in [0.3, 0.4) is 0 Å². The molecular weight excluding hydrogens is 254 g/mol. The van der Waals surface area contributed by atoms with Gasteiger partial charge in [0.05, 0.1) is 4.92 Å². The molecule has 2 aromatic rings. The molecule has 0 aliphatic carbocycles. The van der Waals surface area contributed by atoms with E-state index in [4.69, 9.17) is 4.74 Å². The second-order valence-electron chi connectivity index (χ2n) is 3.40. The topological polar surface area (TPSA) is 123 Å². The van der Waals surface area contributed by atoms with Crippen LogP contribution in [0, 0.1) is 10.1 Å². The van der Waals surface area contributed by atoms with Crippen molar-refractivity contribution in [3.8, 4) is 5.75 Å². The molecule has 0 bridgehead atoms. The van der Waals surface area contributed by atoms with E-state index in [1.807, 2.05) is 0 Å². The molecule has 0 radical (unpaired) electrons. The van der Waals surface area contributed by atoms with E-state index in [0.717, 1.165) is 0 Å². The number of aromatic amines is 1. The Bertz CT molecular complexity index is 583.